The van der Waals surface area contributed by atoms with E-state index in [0.29, 0.717) is 26.1 Å². The zero-order valence-electron chi connectivity index (χ0n) is 44.5. The number of nitrogens with zero attached hydrogens (tertiary/aromatic N) is 3. The van der Waals surface area contributed by atoms with Crippen molar-refractivity contribution in [3.05, 3.63) is 48.6 Å². The number of unbranched alkanes of at least 4 members (excludes halogenated alkanes) is 19. The Hall–Kier alpha value is -2.26. The Kier molecular flexibility index (Phi) is 48.9. The Labute approximate surface area is 409 Å². The molecule has 0 heterocycles. The fraction of sp³-hybridized carbons (Fsp3) is 0.828. The van der Waals surface area contributed by atoms with Crippen molar-refractivity contribution in [2.45, 2.75) is 232 Å². The third kappa shape index (κ3) is 48.2. The summed E-state index contributed by atoms with van der Waals surface area (Å²) in [4.78, 5) is 31.9. The number of rotatable bonds is 50. The molecule has 0 aliphatic carbocycles. The topological polar surface area (TPSA) is 82.5 Å². The quantitative estimate of drug-likeness (QED) is 0.0367. The van der Waals surface area contributed by atoms with Gasteiger partial charge < -0.3 is 29.3 Å². The Morgan fingerprint density at radius 3 is 1.26 bits per heavy atom. The summed E-state index contributed by atoms with van der Waals surface area (Å²) in [6.07, 6.45) is 53.3. The van der Waals surface area contributed by atoms with Gasteiger partial charge in [-0.3, -0.25) is 9.59 Å². The molecule has 0 aromatic heterocycles. The van der Waals surface area contributed by atoms with Gasteiger partial charge in [0.1, 0.15) is 0 Å². The molecule has 66 heavy (non-hydrogen) atoms. The number of esters is 2. The predicted octanol–water partition coefficient (Wildman–Crippen LogP) is 14.6. The van der Waals surface area contributed by atoms with E-state index in [1.807, 2.05) is 0 Å². The predicted molar refractivity (Wildman–Crippen MR) is 285 cm³/mol. The molecule has 0 bridgehead atoms. The summed E-state index contributed by atoms with van der Waals surface area (Å²) >= 11 is 0. The SMILES string of the molecule is CCCCC/C=C\C/C=C\CCCCCCCC(=O)OCCCCCC(O)C(CCCCOC(=O)CCCCCCC/C=C\C/C=C\CCCCC)CN(CCCN(C)C)CCCN(C)C. The summed E-state index contributed by atoms with van der Waals surface area (Å²) in [5.41, 5.74) is 0. The maximum absolute atomic E-state index is 12.5. The lowest BCUT2D eigenvalue weighted by molar-refractivity contribution is -0.144. The molecule has 8 heteroatoms. The first-order valence-corrected chi connectivity index (χ1v) is 27.8. The number of aliphatic hydroxyl groups excluding tert-OH is 1. The molecule has 0 amide bonds. The van der Waals surface area contributed by atoms with E-state index in [-0.39, 0.29) is 24.0 Å². The van der Waals surface area contributed by atoms with Gasteiger partial charge in [0.05, 0.1) is 19.3 Å². The highest BCUT2D eigenvalue weighted by molar-refractivity contribution is 5.69. The van der Waals surface area contributed by atoms with Crippen LogP contribution in [0.3, 0.4) is 0 Å². The molecule has 0 rings (SSSR count). The third-order valence-corrected chi connectivity index (χ3v) is 12.5. The highest BCUT2D eigenvalue weighted by Crippen LogP contribution is 2.21. The molecule has 0 saturated heterocycles. The van der Waals surface area contributed by atoms with Crippen molar-refractivity contribution in [1.82, 2.24) is 14.7 Å². The smallest absolute Gasteiger partial charge is 0.305 e. The van der Waals surface area contributed by atoms with E-state index in [0.717, 1.165) is 142 Å². The first-order valence-electron chi connectivity index (χ1n) is 27.8. The van der Waals surface area contributed by atoms with Gasteiger partial charge in [0, 0.05) is 19.4 Å². The minimum absolute atomic E-state index is 0.0718. The summed E-state index contributed by atoms with van der Waals surface area (Å²) in [7, 11) is 8.52. The number of aliphatic hydroxyl groups is 1. The monoisotopic (exact) mass is 928 g/mol. The zero-order chi connectivity index (χ0) is 48.4. The van der Waals surface area contributed by atoms with Crippen LogP contribution in [0.4, 0.5) is 0 Å². The fourth-order valence-electron chi connectivity index (χ4n) is 8.31. The fourth-order valence-corrected chi connectivity index (χ4v) is 8.31. The van der Waals surface area contributed by atoms with Crippen LogP contribution in [0.15, 0.2) is 48.6 Å². The van der Waals surface area contributed by atoms with Gasteiger partial charge in [0.25, 0.3) is 0 Å². The highest BCUT2D eigenvalue weighted by atomic mass is 16.5. The number of hydrogen-bond donors (Lipinski definition) is 1. The minimum Gasteiger partial charge on any atom is -0.466 e. The van der Waals surface area contributed by atoms with Crippen molar-refractivity contribution in [2.75, 3.05) is 74.1 Å². The van der Waals surface area contributed by atoms with E-state index in [2.05, 4.69) is 105 Å². The largest absolute Gasteiger partial charge is 0.466 e. The summed E-state index contributed by atoms with van der Waals surface area (Å²) in [5, 5.41) is 11.6. The molecule has 0 aliphatic rings. The maximum Gasteiger partial charge on any atom is 0.305 e. The van der Waals surface area contributed by atoms with Crippen molar-refractivity contribution in [3.8, 4) is 0 Å². The molecule has 1 N–H and O–H groups in total. The number of allylic oxidation sites excluding steroid dienone is 8. The van der Waals surface area contributed by atoms with E-state index in [9.17, 15) is 14.7 Å². The van der Waals surface area contributed by atoms with E-state index < -0.39 is 0 Å². The molecule has 2 atom stereocenters. The van der Waals surface area contributed by atoms with Gasteiger partial charge in [0.2, 0.25) is 0 Å². The van der Waals surface area contributed by atoms with E-state index >= 15 is 0 Å². The van der Waals surface area contributed by atoms with Crippen molar-refractivity contribution in [3.63, 3.8) is 0 Å². The normalized spacial score (nSPS) is 13.2. The Morgan fingerprint density at radius 1 is 0.439 bits per heavy atom. The average Bonchev–Trinajstić information content (AvgIpc) is 3.29. The number of carbonyl (C=O) groups is 2. The summed E-state index contributed by atoms with van der Waals surface area (Å²) < 4.78 is 11.2. The lowest BCUT2D eigenvalue weighted by Gasteiger charge is -2.31. The van der Waals surface area contributed by atoms with Crippen molar-refractivity contribution in [1.29, 1.82) is 0 Å². The number of hydrogen-bond acceptors (Lipinski definition) is 8. The standard InChI is InChI=1S/C58H109N3O5/c1-7-9-11-13-15-17-19-21-23-25-27-29-31-33-37-46-57(63)65-52-40-35-36-45-56(62)55(54-61(50-42-48-59(3)4)51-43-49-60(5)6)44-39-41-53-66-58(64)47-38-34-32-30-28-26-24-22-20-18-16-14-12-10-8-2/h15-18,21-24,55-56,62H,7-14,19-20,25-54H2,1-6H3/b17-15-,18-16-,23-21-,24-22-. The Balaban J connectivity index is 4.51. The van der Waals surface area contributed by atoms with E-state index in [1.165, 1.54) is 89.9 Å². The van der Waals surface area contributed by atoms with Gasteiger partial charge in [-0.15, -0.1) is 0 Å². The molecule has 0 saturated carbocycles. The lowest BCUT2D eigenvalue weighted by Crippen LogP contribution is -2.38. The molecule has 386 valence electrons. The summed E-state index contributed by atoms with van der Waals surface area (Å²) in [6.45, 7) is 10.5. The van der Waals surface area contributed by atoms with Crippen LogP contribution in [-0.4, -0.2) is 112 Å². The molecule has 2 unspecified atom stereocenters. The van der Waals surface area contributed by atoms with Gasteiger partial charge in [0.15, 0.2) is 0 Å². The van der Waals surface area contributed by atoms with Gasteiger partial charge in [-0.25, -0.2) is 0 Å². The molecule has 0 radical (unpaired) electrons. The van der Waals surface area contributed by atoms with Gasteiger partial charge in [-0.2, -0.15) is 0 Å². The second kappa shape index (κ2) is 50.6. The second-order valence-electron chi connectivity index (χ2n) is 19.7. The molecule has 0 fully saturated rings. The van der Waals surface area contributed by atoms with Crippen LogP contribution in [0, 0.1) is 5.92 Å². The van der Waals surface area contributed by atoms with E-state index in [1.54, 1.807) is 0 Å². The van der Waals surface area contributed by atoms with Gasteiger partial charge in [-0.05, 0) is 189 Å². The number of ether oxygens (including phenoxy) is 2. The molecule has 0 aromatic carbocycles. The maximum atomic E-state index is 12.5. The Morgan fingerprint density at radius 2 is 0.818 bits per heavy atom. The molecule has 8 nitrogen and oxygen atoms in total. The first-order chi connectivity index (χ1) is 32.2. The third-order valence-electron chi connectivity index (χ3n) is 12.5. The van der Waals surface area contributed by atoms with Crippen molar-refractivity contribution in [2.24, 2.45) is 5.92 Å². The highest BCUT2D eigenvalue weighted by Gasteiger charge is 2.22. The zero-order valence-corrected chi connectivity index (χ0v) is 44.5. The van der Waals surface area contributed by atoms with Crippen LogP contribution in [-0.2, 0) is 19.1 Å². The summed E-state index contributed by atoms with van der Waals surface area (Å²) in [5.74, 6) is 0.0303. The van der Waals surface area contributed by atoms with Crippen LogP contribution < -0.4 is 0 Å². The minimum atomic E-state index is -0.378. The van der Waals surface area contributed by atoms with Crippen molar-refractivity contribution >= 4 is 11.9 Å². The molecular weight excluding hydrogens is 819 g/mol. The Bertz CT molecular complexity index is 1150. The molecule has 0 aliphatic heterocycles. The molecule has 0 aromatic rings. The van der Waals surface area contributed by atoms with Crippen LogP contribution in [0.5, 0.6) is 0 Å². The summed E-state index contributed by atoms with van der Waals surface area (Å²) in [6, 6.07) is 0. The lowest BCUT2D eigenvalue weighted by atomic mass is 9.91. The van der Waals surface area contributed by atoms with Crippen LogP contribution in [0.1, 0.15) is 226 Å². The average molecular weight is 929 g/mol. The number of carbonyl (C=O) groups excluding carboxylic acids is 2. The van der Waals surface area contributed by atoms with Crippen molar-refractivity contribution < 1.29 is 24.2 Å². The van der Waals surface area contributed by atoms with Crippen LogP contribution in [0.25, 0.3) is 0 Å². The molecular formula is C58H109N3O5. The van der Waals surface area contributed by atoms with E-state index in [4.69, 9.17) is 9.47 Å². The van der Waals surface area contributed by atoms with Crippen LogP contribution in [0.2, 0.25) is 0 Å². The van der Waals surface area contributed by atoms with Crippen LogP contribution >= 0.6 is 0 Å². The molecule has 0 spiro atoms. The second-order valence-corrected chi connectivity index (χ2v) is 19.7. The van der Waals surface area contributed by atoms with Gasteiger partial charge in [-0.1, -0.05) is 133 Å². The van der Waals surface area contributed by atoms with Gasteiger partial charge >= 0.3 is 11.9 Å². The first kappa shape index (κ1) is 63.7.